The van der Waals surface area contributed by atoms with Gasteiger partial charge in [0.2, 0.25) is 0 Å². The molecule has 78 valence electrons. The Bertz CT molecular complexity index is 252. The Labute approximate surface area is 79.3 Å². The van der Waals surface area contributed by atoms with Gasteiger partial charge in [0.05, 0.1) is 0 Å². The van der Waals surface area contributed by atoms with Crippen molar-refractivity contribution < 1.29 is 8.42 Å². The minimum absolute atomic E-state index is 0.0162. The predicted molar refractivity (Wildman–Crippen MR) is 51.3 cm³/mol. The fraction of sp³-hybridized carbons (Fsp3) is 1.00. The number of hydrogen-bond donors (Lipinski definition) is 3. The quantitative estimate of drug-likeness (QED) is 0.562. The molecule has 5 nitrogen and oxygen atoms in total. The maximum Gasteiger partial charge on any atom is 0.276 e. The molecule has 1 aliphatic carbocycles. The summed E-state index contributed by atoms with van der Waals surface area (Å²) in [5.41, 5.74) is 5.53. The summed E-state index contributed by atoms with van der Waals surface area (Å²) in [5, 5.41) is 0. The zero-order valence-corrected chi connectivity index (χ0v) is 8.60. The van der Waals surface area contributed by atoms with Gasteiger partial charge in [-0.15, -0.1) is 0 Å². The third kappa shape index (κ3) is 2.91. The van der Waals surface area contributed by atoms with E-state index in [-0.39, 0.29) is 6.04 Å². The van der Waals surface area contributed by atoms with Gasteiger partial charge in [0.15, 0.2) is 0 Å². The second-order valence-electron chi connectivity index (χ2n) is 3.36. The van der Waals surface area contributed by atoms with Crippen LogP contribution in [0.15, 0.2) is 0 Å². The molecule has 13 heavy (non-hydrogen) atoms. The SMILES string of the molecule is CNS(=O)(=O)NC1CCCC1CN. The Morgan fingerprint density at radius 2 is 2.15 bits per heavy atom. The van der Waals surface area contributed by atoms with Crippen molar-refractivity contribution in [2.45, 2.75) is 25.3 Å². The van der Waals surface area contributed by atoms with Crippen molar-refractivity contribution in [1.29, 1.82) is 0 Å². The van der Waals surface area contributed by atoms with E-state index < -0.39 is 10.2 Å². The lowest BCUT2D eigenvalue weighted by Crippen LogP contribution is -2.44. The third-order valence-corrected chi connectivity index (χ3v) is 3.69. The number of rotatable bonds is 4. The zero-order valence-electron chi connectivity index (χ0n) is 7.79. The molecular formula is C7H17N3O2S. The van der Waals surface area contributed by atoms with Crippen molar-refractivity contribution in [3.8, 4) is 0 Å². The summed E-state index contributed by atoms with van der Waals surface area (Å²) in [5.74, 6) is 0.295. The molecule has 1 aliphatic rings. The van der Waals surface area contributed by atoms with Gasteiger partial charge in [-0.3, -0.25) is 0 Å². The highest BCUT2D eigenvalue weighted by molar-refractivity contribution is 7.87. The van der Waals surface area contributed by atoms with Gasteiger partial charge >= 0.3 is 0 Å². The first-order valence-corrected chi connectivity index (χ1v) is 5.98. The molecule has 0 saturated heterocycles. The highest BCUT2D eigenvalue weighted by atomic mass is 32.2. The summed E-state index contributed by atoms with van der Waals surface area (Å²) < 4.78 is 27.1. The minimum atomic E-state index is -3.30. The zero-order chi connectivity index (χ0) is 9.90. The molecule has 1 fully saturated rings. The third-order valence-electron chi connectivity index (χ3n) is 2.54. The van der Waals surface area contributed by atoms with Crippen molar-refractivity contribution in [1.82, 2.24) is 9.44 Å². The first kappa shape index (κ1) is 10.9. The molecule has 0 aromatic carbocycles. The summed E-state index contributed by atoms with van der Waals surface area (Å²) in [6.45, 7) is 0.552. The van der Waals surface area contributed by atoms with E-state index in [0.717, 1.165) is 19.3 Å². The van der Waals surface area contributed by atoms with Crippen LogP contribution in [0.3, 0.4) is 0 Å². The molecule has 0 amide bonds. The van der Waals surface area contributed by atoms with Crippen molar-refractivity contribution >= 4 is 10.2 Å². The molecule has 0 aromatic heterocycles. The van der Waals surface area contributed by atoms with E-state index in [2.05, 4.69) is 9.44 Å². The first-order chi connectivity index (χ1) is 6.09. The van der Waals surface area contributed by atoms with Crippen LogP contribution in [0.25, 0.3) is 0 Å². The fourth-order valence-corrected chi connectivity index (χ4v) is 2.56. The topological polar surface area (TPSA) is 84.2 Å². The van der Waals surface area contributed by atoms with Crippen LogP contribution in [0.1, 0.15) is 19.3 Å². The van der Waals surface area contributed by atoms with Crippen molar-refractivity contribution in [3.05, 3.63) is 0 Å². The Morgan fingerprint density at radius 3 is 2.69 bits per heavy atom. The highest BCUT2D eigenvalue weighted by Gasteiger charge is 2.28. The van der Waals surface area contributed by atoms with Crippen LogP contribution in [0.4, 0.5) is 0 Å². The maximum atomic E-state index is 11.2. The van der Waals surface area contributed by atoms with Gasteiger partial charge in [0.1, 0.15) is 0 Å². The van der Waals surface area contributed by atoms with E-state index in [1.165, 1.54) is 7.05 Å². The molecule has 4 N–H and O–H groups in total. The molecule has 1 saturated carbocycles. The van der Waals surface area contributed by atoms with Gasteiger partial charge in [-0.2, -0.15) is 13.1 Å². The Morgan fingerprint density at radius 1 is 1.46 bits per heavy atom. The summed E-state index contributed by atoms with van der Waals surface area (Å²) >= 11 is 0. The van der Waals surface area contributed by atoms with Gasteiger partial charge in [-0.25, -0.2) is 4.72 Å². The molecule has 0 spiro atoms. The summed E-state index contributed by atoms with van der Waals surface area (Å²) in [6, 6.07) is 0.0162. The lowest BCUT2D eigenvalue weighted by atomic mass is 10.1. The van der Waals surface area contributed by atoms with E-state index in [1.54, 1.807) is 0 Å². The second kappa shape index (κ2) is 4.36. The lowest BCUT2D eigenvalue weighted by molar-refractivity contribution is 0.450. The molecule has 2 atom stereocenters. The van der Waals surface area contributed by atoms with Crippen LogP contribution >= 0.6 is 0 Å². The smallest absolute Gasteiger partial charge is 0.276 e. The van der Waals surface area contributed by atoms with Crippen molar-refractivity contribution in [2.24, 2.45) is 11.7 Å². The second-order valence-corrected chi connectivity index (χ2v) is 5.01. The Hall–Kier alpha value is -0.170. The molecule has 0 aromatic rings. The van der Waals surface area contributed by atoms with Gasteiger partial charge in [-0.1, -0.05) is 6.42 Å². The Balaban J connectivity index is 2.53. The van der Waals surface area contributed by atoms with Crippen LogP contribution in [0.5, 0.6) is 0 Å². The molecule has 0 aliphatic heterocycles. The number of hydrogen-bond acceptors (Lipinski definition) is 3. The Kier molecular flexibility index (Phi) is 3.66. The largest absolute Gasteiger partial charge is 0.330 e. The molecule has 0 bridgehead atoms. The molecule has 2 unspecified atom stereocenters. The van der Waals surface area contributed by atoms with E-state index in [0.29, 0.717) is 12.5 Å². The van der Waals surface area contributed by atoms with Gasteiger partial charge in [0.25, 0.3) is 10.2 Å². The standard InChI is InChI=1S/C7H17N3O2S/c1-9-13(11,12)10-7-4-2-3-6(7)5-8/h6-7,9-10H,2-5,8H2,1H3. The van der Waals surface area contributed by atoms with Crippen molar-refractivity contribution in [2.75, 3.05) is 13.6 Å². The molecule has 0 heterocycles. The van der Waals surface area contributed by atoms with Gasteiger partial charge in [0, 0.05) is 13.1 Å². The van der Waals surface area contributed by atoms with E-state index in [4.69, 9.17) is 5.73 Å². The summed E-state index contributed by atoms with van der Waals surface area (Å²) in [6.07, 6.45) is 2.97. The molecule has 6 heteroatoms. The van der Waals surface area contributed by atoms with Crippen LogP contribution in [0.2, 0.25) is 0 Å². The normalized spacial score (nSPS) is 29.4. The number of nitrogens with two attached hydrogens (primary N) is 1. The number of nitrogens with one attached hydrogen (secondary N) is 2. The fourth-order valence-electron chi connectivity index (χ4n) is 1.73. The van der Waals surface area contributed by atoms with Crippen molar-refractivity contribution in [3.63, 3.8) is 0 Å². The lowest BCUT2D eigenvalue weighted by Gasteiger charge is -2.18. The first-order valence-electron chi connectivity index (χ1n) is 4.50. The van der Waals surface area contributed by atoms with Gasteiger partial charge < -0.3 is 5.73 Å². The van der Waals surface area contributed by atoms with Gasteiger partial charge in [-0.05, 0) is 25.3 Å². The average molecular weight is 207 g/mol. The predicted octanol–water partition coefficient (Wildman–Crippen LogP) is -0.832. The average Bonchev–Trinajstić information content (AvgIpc) is 2.51. The molecule has 0 radical (unpaired) electrons. The minimum Gasteiger partial charge on any atom is -0.330 e. The maximum absolute atomic E-state index is 11.2. The van der Waals surface area contributed by atoms with E-state index in [1.807, 2.05) is 0 Å². The van der Waals surface area contributed by atoms with Crippen LogP contribution < -0.4 is 15.2 Å². The van der Waals surface area contributed by atoms with E-state index >= 15 is 0 Å². The summed E-state index contributed by atoms with van der Waals surface area (Å²) in [7, 11) is -1.90. The summed E-state index contributed by atoms with van der Waals surface area (Å²) in [4.78, 5) is 0. The monoisotopic (exact) mass is 207 g/mol. The van der Waals surface area contributed by atoms with Crippen LogP contribution in [0, 0.1) is 5.92 Å². The molecule has 1 rings (SSSR count). The molecular weight excluding hydrogens is 190 g/mol. The van der Waals surface area contributed by atoms with Crippen LogP contribution in [-0.2, 0) is 10.2 Å². The van der Waals surface area contributed by atoms with E-state index in [9.17, 15) is 8.42 Å². The van der Waals surface area contributed by atoms with Crippen LogP contribution in [-0.4, -0.2) is 28.1 Å². The highest BCUT2D eigenvalue weighted by Crippen LogP contribution is 2.24.